The lowest BCUT2D eigenvalue weighted by molar-refractivity contribution is 0.293. The standard InChI is InChI=1S/C29H37FNO3P.C3H6/c1-7-34-35(6)15-13-21-12-14-31-28(17-21)33-20-22-8-10-25(23(16-22)19-29(2,3)4)26-18-24(32-5)9-11-27(26)30;1-2-3-1/h8-12,14,16-18H,7,13,15,19-20H2,1-6H3;1-3H2. The van der Waals surface area contributed by atoms with Crippen LogP contribution in [0.15, 0.2) is 54.7 Å². The predicted octanol–water partition coefficient (Wildman–Crippen LogP) is 8.84. The van der Waals surface area contributed by atoms with Crippen LogP contribution < -0.4 is 9.47 Å². The highest BCUT2D eigenvalue weighted by Crippen LogP contribution is 2.35. The van der Waals surface area contributed by atoms with Gasteiger partial charge in [0.1, 0.15) is 18.2 Å². The highest BCUT2D eigenvalue weighted by Gasteiger charge is 2.18. The molecular formula is C32H43FNO3P. The summed E-state index contributed by atoms with van der Waals surface area (Å²) in [5.74, 6) is 0.990. The van der Waals surface area contributed by atoms with Gasteiger partial charge in [-0.2, -0.15) is 0 Å². The molecule has 0 saturated heterocycles. The van der Waals surface area contributed by atoms with E-state index in [1.807, 2.05) is 31.2 Å². The Balaban J connectivity index is 0.00000124. The third-order valence-corrected chi connectivity index (χ3v) is 7.51. The van der Waals surface area contributed by atoms with E-state index in [9.17, 15) is 4.39 Å². The highest BCUT2D eigenvalue weighted by atomic mass is 31.1. The van der Waals surface area contributed by atoms with Crippen LogP contribution in [0.25, 0.3) is 11.1 Å². The first-order valence-electron chi connectivity index (χ1n) is 13.6. The molecule has 1 unspecified atom stereocenters. The van der Waals surface area contributed by atoms with Crippen molar-refractivity contribution in [1.82, 2.24) is 4.98 Å². The first-order valence-corrected chi connectivity index (χ1v) is 15.4. The van der Waals surface area contributed by atoms with Crippen LogP contribution >= 0.6 is 8.15 Å². The van der Waals surface area contributed by atoms with Gasteiger partial charge in [0, 0.05) is 32.6 Å². The van der Waals surface area contributed by atoms with Crippen LogP contribution in [0.4, 0.5) is 4.39 Å². The molecular weight excluding hydrogens is 496 g/mol. The zero-order valence-corrected chi connectivity index (χ0v) is 24.7. The fraction of sp³-hybridized carbons (Fsp3) is 0.469. The number of methoxy groups -OCH3 is 1. The summed E-state index contributed by atoms with van der Waals surface area (Å²) in [6.45, 7) is 11.9. The van der Waals surface area contributed by atoms with Crippen LogP contribution in [0.5, 0.6) is 11.6 Å². The summed E-state index contributed by atoms with van der Waals surface area (Å²) >= 11 is 0. The minimum Gasteiger partial charge on any atom is -0.497 e. The second-order valence-corrected chi connectivity index (χ2v) is 12.9. The van der Waals surface area contributed by atoms with E-state index in [2.05, 4.69) is 38.5 Å². The molecule has 2 aromatic carbocycles. The van der Waals surface area contributed by atoms with E-state index in [-0.39, 0.29) is 11.2 Å². The molecule has 1 aromatic heterocycles. The Kier molecular flexibility index (Phi) is 11.6. The van der Waals surface area contributed by atoms with E-state index in [4.69, 9.17) is 14.0 Å². The zero-order valence-electron chi connectivity index (χ0n) is 23.9. The van der Waals surface area contributed by atoms with Crippen LogP contribution in [-0.2, 0) is 24.0 Å². The fourth-order valence-electron chi connectivity index (χ4n) is 3.97. The van der Waals surface area contributed by atoms with E-state index in [1.54, 1.807) is 25.4 Å². The highest BCUT2D eigenvalue weighted by molar-refractivity contribution is 7.51. The van der Waals surface area contributed by atoms with Crippen molar-refractivity contribution in [2.24, 2.45) is 5.41 Å². The monoisotopic (exact) mass is 539 g/mol. The Morgan fingerprint density at radius 1 is 0.947 bits per heavy atom. The Labute approximate surface area is 229 Å². The largest absolute Gasteiger partial charge is 0.497 e. The Hall–Kier alpha value is -2.49. The summed E-state index contributed by atoms with van der Waals surface area (Å²) in [4.78, 5) is 4.38. The van der Waals surface area contributed by atoms with Crippen molar-refractivity contribution < 1.29 is 18.4 Å². The van der Waals surface area contributed by atoms with Crippen molar-refractivity contribution >= 4 is 8.15 Å². The molecule has 0 aliphatic heterocycles. The number of aromatic nitrogens is 1. The van der Waals surface area contributed by atoms with Crippen molar-refractivity contribution in [2.75, 3.05) is 26.5 Å². The van der Waals surface area contributed by atoms with Gasteiger partial charge >= 0.3 is 0 Å². The van der Waals surface area contributed by atoms with Crippen LogP contribution in [0.2, 0.25) is 0 Å². The van der Waals surface area contributed by atoms with Crippen LogP contribution in [0, 0.1) is 11.2 Å². The molecule has 1 aliphatic carbocycles. The number of halogens is 1. The van der Waals surface area contributed by atoms with Crippen LogP contribution in [0.3, 0.4) is 0 Å². The first-order chi connectivity index (χ1) is 18.2. The Morgan fingerprint density at radius 2 is 1.71 bits per heavy atom. The van der Waals surface area contributed by atoms with E-state index < -0.39 is 8.15 Å². The minimum absolute atomic E-state index is 0.0413. The molecule has 0 spiro atoms. The normalized spacial score (nSPS) is 13.3. The number of benzene rings is 2. The van der Waals surface area contributed by atoms with Gasteiger partial charge in [-0.3, -0.25) is 0 Å². The number of hydrogen-bond donors (Lipinski definition) is 0. The number of ether oxygens (including phenoxy) is 2. The lowest BCUT2D eigenvalue weighted by Gasteiger charge is -2.22. The van der Waals surface area contributed by atoms with E-state index in [1.165, 1.54) is 30.9 Å². The van der Waals surface area contributed by atoms with Gasteiger partial charge in [-0.05, 0) is 84.5 Å². The van der Waals surface area contributed by atoms with Gasteiger partial charge in [-0.15, -0.1) is 0 Å². The smallest absolute Gasteiger partial charge is 0.213 e. The average Bonchev–Trinajstić information content (AvgIpc) is 3.76. The van der Waals surface area contributed by atoms with Gasteiger partial charge in [0.15, 0.2) is 0 Å². The second kappa shape index (κ2) is 14.6. The van der Waals surface area contributed by atoms with Gasteiger partial charge in [0.25, 0.3) is 0 Å². The maximum atomic E-state index is 14.8. The summed E-state index contributed by atoms with van der Waals surface area (Å²) in [5, 5.41) is 0. The molecule has 1 saturated carbocycles. The molecule has 0 bridgehead atoms. The Bertz CT molecular complexity index is 1160. The predicted molar refractivity (Wildman–Crippen MR) is 157 cm³/mol. The third kappa shape index (κ3) is 10.3. The molecule has 38 heavy (non-hydrogen) atoms. The van der Waals surface area contributed by atoms with Gasteiger partial charge in [0.2, 0.25) is 5.88 Å². The summed E-state index contributed by atoms with van der Waals surface area (Å²) in [6, 6.07) is 15.0. The quantitative estimate of drug-likeness (QED) is 0.228. The van der Waals surface area contributed by atoms with Gasteiger partial charge < -0.3 is 14.0 Å². The fourth-order valence-corrected chi connectivity index (χ4v) is 5.11. The van der Waals surface area contributed by atoms with E-state index >= 15 is 0 Å². The summed E-state index contributed by atoms with van der Waals surface area (Å²) < 4.78 is 31.8. The SMILES string of the molecule is C1CC1.CCOP(C)CCc1ccnc(OCc2ccc(-c3cc(OC)ccc3F)c(CC(C)(C)C)c2)c1. The average molecular weight is 540 g/mol. The maximum absolute atomic E-state index is 14.8. The van der Waals surface area contributed by atoms with Crippen molar-refractivity contribution in [3.8, 4) is 22.8 Å². The molecule has 0 N–H and O–H groups in total. The van der Waals surface area contributed by atoms with Crippen molar-refractivity contribution in [3.63, 3.8) is 0 Å². The van der Waals surface area contributed by atoms with Gasteiger partial charge in [0.05, 0.1) is 7.11 Å². The van der Waals surface area contributed by atoms with Crippen molar-refractivity contribution in [1.29, 1.82) is 0 Å². The van der Waals surface area contributed by atoms with Gasteiger partial charge in [-0.1, -0.05) is 58.2 Å². The van der Waals surface area contributed by atoms with Crippen molar-refractivity contribution in [2.45, 2.75) is 66.4 Å². The first kappa shape index (κ1) is 30.1. The molecule has 206 valence electrons. The summed E-state index contributed by atoms with van der Waals surface area (Å²) in [7, 11) is 1.20. The molecule has 1 atom stereocenters. The summed E-state index contributed by atoms with van der Waals surface area (Å²) in [5.41, 5.74) is 4.77. The number of hydrogen-bond acceptors (Lipinski definition) is 4. The molecule has 1 heterocycles. The molecule has 0 radical (unpaired) electrons. The molecule has 1 fully saturated rings. The third-order valence-electron chi connectivity index (χ3n) is 5.96. The lowest BCUT2D eigenvalue weighted by Crippen LogP contribution is -2.11. The van der Waals surface area contributed by atoms with Crippen molar-refractivity contribution in [3.05, 3.63) is 77.2 Å². The molecule has 3 aromatic rings. The zero-order chi connectivity index (χ0) is 27.5. The second-order valence-electron chi connectivity index (χ2n) is 10.9. The number of rotatable bonds is 11. The number of nitrogens with zero attached hydrogens (tertiary/aromatic N) is 1. The van der Waals surface area contributed by atoms with E-state index in [0.717, 1.165) is 42.3 Å². The minimum atomic E-state index is -0.397. The molecule has 6 heteroatoms. The lowest BCUT2D eigenvalue weighted by atomic mass is 9.84. The molecule has 4 nitrogen and oxygen atoms in total. The summed E-state index contributed by atoms with van der Waals surface area (Å²) in [6.07, 6.45) is 9.06. The van der Waals surface area contributed by atoms with Gasteiger partial charge in [-0.25, -0.2) is 9.37 Å². The van der Waals surface area contributed by atoms with E-state index in [0.29, 0.717) is 23.8 Å². The van der Waals surface area contributed by atoms with Crippen LogP contribution in [0.1, 0.15) is 63.6 Å². The topological polar surface area (TPSA) is 40.6 Å². The number of pyridine rings is 1. The molecule has 1 aliphatic rings. The van der Waals surface area contributed by atoms with Crippen LogP contribution in [-0.4, -0.2) is 31.5 Å². The molecule has 0 amide bonds. The number of aryl methyl sites for hydroxylation is 1. The Morgan fingerprint density at radius 3 is 2.37 bits per heavy atom. The maximum Gasteiger partial charge on any atom is 0.213 e. The molecule has 4 rings (SSSR count).